The molecule has 0 unspecified atom stereocenters. The highest BCUT2D eigenvalue weighted by Gasteiger charge is 2.38. The third-order valence-electron chi connectivity index (χ3n) is 4.66. The Morgan fingerprint density at radius 3 is 2.16 bits per heavy atom. The SMILES string of the molecule is CCC1CCC(C#N)(CCS(=O)(=O)C(C)(C)C)CC1. The van der Waals surface area contributed by atoms with Gasteiger partial charge in [-0.2, -0.15) is 5.26 Å². The highest BCUT2D eigenvalue weighted by Crippen LogP contribution is 2.42. The zero-order chi connectivity index (χ0) is 14.7. The topological polar surface area (TPSA) is 57.9 Å². The van der Waals surface area contributed by atoms with Crippen LogP contribution in [0.1, 0.15) is 66.2 Å². The number of hydrogen-bond donors (Lipinski definition) is 0. The summed E-state index contributed by atoms with van der Waals surface area (Å²) < 4.78 is 23.6. The van der Waals surface area contributed by atoms with Crippen molar-refractivity contribution >= 4 is 9.84 Å². The second-order valence-electron chi connectivity index (χ2n) is 6.93. The molecule has 1 rings (SSSR count). The molecule has 1 aliphatic carbocycles. The van der Waals surface area contributed by atoms with Crippen LogP contribution in [-0.2, 0) is 9.84 Å². The van der Waals surface area contributed by atoms with Gasteiger partial charge in [-0.25, -0.2) is 8.42 Å². The van der Waals surface area contributed by atoms with Crippen LogP contribution in [0.2, 0.25) is 0 Å². The van der Waals surface area contributed by atoms with E-state index in [0.717, 1.165) is 31.6 Å². The number of nitrogens with zero attached hydrogens (tertiary/aromatic N) is 1. The second kappa shape index (κ2) is 5.83. The van der Waals surface area contributed by atoms with E-state index in [1.807, 2.05) is 0 Å². The number of rotatable bonds is 4. The lowest BCUT2D eigenvalue weighted by Gasteiger charge is -2.35. The van der Waals surface area contributed by atoms with Gasteiger partial charge in [0.15, 0.2) is 9.84 Å². The van der Waals surface area contributed by atoms with Gasteiger partial charge in [-0.1, -0.05) is 13.3 Å². The van der Waals surface area contributed by atoms with Gasteiger partial charge in [-0.15, -0.1) is 0 Å². The van der Waals surface area contributed by atoms with E-state index in [-0.39, 0.29) is 5.75 Å². The first kappa shape index (κ1) is 16.5. The fourth-order valence-electron chi connectivity index (χ4n) is 2.69. The Morgan fingerprint density at radius 2 is 1.79 bits per heavy atom. The molecule has 0 atom stereocenters. The lowest BCUT2D eigenvalue weighted by Crippen LogP contribution is -2.34. The Balaban J connectivity index is 2.68. The predicted octanol–water partition coefficient (Wildman–Crippen LogP) is 3.70. The maximum atomic E-state index is 12.2. The summed E-state index contributed by atoms with van der Waals surface area (Å²) in [5.74, 6) is 0.863. The molecule has 0 aromatic heterocycles. The smallest absolute Gasteiger partial charge is 0.155 e. The van der Waals surface area contributed by atoms with Gasteiger partial charge in [0.05, 0.1) is 22.0 Å². The highest BCUT2D eigenvalue weighted by molar-refractivity contribution is 7.92. The zero-order valence-corrected chi connectivity index (χ0v) is 13.5. The van der Waals surface area contributed by atoms with Crippen molar-refractivity contribution in [2.24, 2.45) is 11.3 Å². The molecule has 110 valence electrons. The first-order valence-electron chi connectivity index (χ1n) is 7.29. The lowest BCUT2D eigenvalue weighted by atomic mass is 9.69. The molecule has 1 aliphatic rings. The van der Waals surface area contributed by atoms with Crippen molar-refractivity contribution in [1.82, 2.24) is 0 Å². The Morgan fingerprint density at radius 1 is 1.26 bits per heavy atom. The van der Waals surface area contributed by atoms with E-state index in [1.54, 1.807) is 20.8 Å². The molecule has 0 heterocycles. The van der Waals surface area contributed by atoms with Crippen LogP contribution in [0.3, 0.4) is 0 Å². The van der Waals surface area contributed by atoms with Crippen LogP contribution in [-0.4, -0.2) is 18.9 Å². The van der Waals surface area contributed by atoms with E-state index in [1.165, 1.54) is 6.42 Å². The van der Waals surface area contributed by atoms with Gasteiger partial charge < -0.3 is 0 Å². The quantitative estimate of drug-likeness (QED) is 0.791. The summed E-state index contributed by atoms with van der Waals surface area (Å²) in [4.78, 5) is 0. The molecule has 1 fully saturated rings. The summed E-state index contributed by atoms with van der Waals surface area (Å²) in [6.45, 7) is 7.38. The predicted molar refractivity (Wildman–Crippen MR) is 78.5 cm³/mol. The van der Waals surface area contributed by atoms with Crippen LogP contribution in [0.4, 0.5) is 0 Å². The molecule has 4 heteroatoms. The number of sulfone groups is 1. The van der Waals surface area contributed by atoms with E-state index in [0.29, 0.717) is 6.42 Å². The molecule has 0 aliphatic heterocycles. The molecule has 0 saturated heterocycles. The van der Waals surface area contributed by atoms with E-state index in [4.69, 9.17) is 0 Å². The van der Waals surface area contributed by atoms with Crippen LogP contribution >= 0.6 is 0 Å². The summed E-state index contributed by atoms with van der Waals surface area (Å²) in [5.41, 5.74) is -0.399. The molecule has 0 spiro atoms. The lowest BCUT2D eigenvalue weighted by molar-refractivity contribution is 0.201. The maximum Gasteiger partial charge on any atom is 0.155 e. The summed E-state index contributed by atoms with van der Waals surface area (Å²) in [5, 5.41) is 9.46. The van der Waals surface area contributed by atoms with Gasteiger partial charge in [0.1, 0.15) is 0 Å². The summed E-state index contributed by atoms with van der Waals surface area (Å²) in [6, 6.07) is 2.42. The van der Waals surface area contributed by atoms with Crippen molar-refractivity contribution in [2.75, 3.05) is 5.75 Å². The average Bonchev–Trinajstić information content (AvgIpc) is 2.36. The van der Waals surface area contributed by atoms with Crippen molar-refractivity contribution in [2.45, 2.75) is 71.0 Å². The Bertz CT molecular complexity index is 432. The maximum absolute atomic E-state index is 12.2. The summed E-state index contributed by atoms with van der Waals surface area (Å²) >= 11 is 0. The van der Waals surface area contributed by atoms with Crippen LogP contribution in [0.25, 0.3) is 0 Å². The first-order chi connectivity index (χ1) is 8.66. The van der Waals surface area contributed by atoms with Crippen molar-refractivity contribution in [1.29, 1.82) is 5.26 Å². The Kier molecular flexibility index (Phi) is 5.06. The van der Waals surface area contributed by atoms with Crippen molar-refractivity contribution in [3.05, 3.63) is 0 Å². The molecule has 0 radical (unpaired) electrons. The summed E-state index contributed by atoms with van der Waals surface area (Å²) in [7, 11) is -3.12. The minimum absolute atomic E-state index is 0.140. The Labute approximate surface area is 118 Å². The minimum Gasteiger partial charge on any atom is -0.228 e. The normalized spacial score (nSPS) is 28.9. The Hall–Kier alpha value is -0.560. The zero-order valence-electron chi connectivity index (χ0n) is 12.7. The van der Waals surface area contributed by atoms with Gasteiger partial charge in [-0.05, 0) is 58.8 Å². The molecule has 0 aromatic carbocycles. The van der Waals surface area contributed by atoms with Gasteiger partial charge >= 0.3 is 0 Å². The van der Waals surface area contributed by atoms with Crippen molar-refractivity contribution < 1.29 is 8.42 Å². The summed E-state index contributed by atoms with van der Waals surface area (Å²) in [6.07, 6.45) is 5.53. The minimum atomic E-state index is -3.12. The van der Waals surface area contributed by atoms with E-state index >= 15 is 0 Å². The molecule has 1 saturated carbocycles. The molecular weight excluding hydrogens is 258 g/mol. The van der Waals surface area contributed by atoms with Crippen LogP contribution < -0.4 is 0 Å². The number of hydrogen-bond acceptors (Lipinski definition) is 3. The monoisotopic (exact) mass is 285 g/mol. The number of nitriles is 1. The van der Waals surface area contributed by atoms with E-state index < -0.39 is 20.0 Å². The van der Waals surface area contributed by atoms with E-state index in [2.05, 4.69) is 13.0 Å². The van der Waals surface area contributed by atoms with E-state index in [9.17, 15) is 13.7 Å². The van der Waals surface area contributed by atoms with Gasteiger partial charge in [0, 0.05) is 0 Å². The first-order valence-corrected chi connectivity index (χ1v) is 8.94. The van der Waals surface area contributed by atoms with Gasteiger partial charge in [0.25, 0.3) is 0 Å². The van der Waals surface area contributed by atoms with Crippen molar-refractivity contribution in [3.63, 3.8) is 0 Å². The van der Waals surface area contributed by atoms with Crippen LogP contribution in [0.15, 0.2) is 0 Å². The van der Waals surface area contributed by atoms with Crippen molar-refractivity contribution in [3.8, 4) is 6.07 Å². The standard InChI is InChI=1S/C15H27NO2S/c1-5-13-6-8-15(12-16,9-7-13)10-11-19(17,18)14(2,3)4/h13H,5-11H2,1-4H3. The fourth-order valence-corrected chi connectivity index (χ4v) is 3.96. The van der Waals surface area contributed by atoms with Gasteiger partial charge in [0.2, 0.25) is 0 Å². The second-order valence-corrected chi connectivity index (χ2v) is 9.79. The molecular formula is C15H27NO2S. The molecule has 0 bridgehead atoms. The molecule has 19 heavy (non-hydrogen) atoms. The fraction of sp³-hybridized carbons (Fsp3) is 0.933. The van der Waals surface area contributed by atoms with Gasteiger partial charge in [-0.3, -0.25) is 0 Å². The van der Waals surface area contributed by atoms with Crippen LogP contribution in [0, 0.1) is 22.7 Å². The third-order valence-corrected chi connectivity index (χ3v) is 7.27. The molecule has 0 aromatic rings. The molecule has 3 nitrogen and oxygen atoms in total. The molecule has 0 N–H and O–H groups in total. The third kappa shape index (κ3) is 3.95. The largest absolute Gasteiger partial charge is 0.228 e. The van der Waals surface area contributed by atoms with Crippen LogP contribution in [0.5, 0.6) is 0 Å². The highest BCUT2D eigenvalue weighted by atomic mass is 32.2. The molecule has 0 amide bonds. The average molecular weight is 285 g/mol.